The lowest BCUT2D eigenvalue weighted by molar-refractivity contribution is -0.136. The molecule has 0 bridgehead atoms. The summed E-state index contributed by atoms with van der Waals surface area (Å²) < 4.78 is 6.24. The van der Waals surface area contributed by atoms with Gasteiger partial charge in [0.25, 0.3) is 0 Å². The quantitative estimate of drug-likeness (QED) is 0.578. The first-order valence-electron chi connectivity index (χ1n) is 11.0. The number of pyridine rings is 1. The predicted molar refractivity (Wildman–Crippen MR) is 119 cm³/mol. The molecule has 0 unspecified atom stereocenters. The summed E-state index contributed by atoms with van der Waals surface area (Å²) in [6.45, 7) is 8.01. The molecule has 162 valence electrons. The lowest BCUT2D eigenvalue weighted by Crippen LogP contribution is -2.30. The van der Waals surface area contributed by atoms with Crippen molar-refractivity contribution in [3.63, 3.8) is 0 Å². The third-order valence-corrected chi connectivity index (χ3v) is 5.98. The molecule has 0 amide bonds. The van der Waals surface area contributed by atoms with Crippen molar-refractivity contribution in [1.29, 1.82) is 0 Å². The SMILES string of the molecule is CC(C)(C)[C@H]1CC[C@H](Oc2ccc(-c3cccc(CNCCC(=O)O)n3)cc2)CC1. The minimum atomic E-state index is -0.797. The number of hydrogen-bond acceptors (Lipinski definition) is 4. The Kier molecular flexibility index (Phi) is 7.48. The van der Waals surface area contributed by atoms with Crippen LogP contribution in [0.2, 0.25) is 0 Å². The normalized spacial score (nSPS) is 19.4. The Labute approximate surface area is 179 Å². The Morgan fingerprint density at radius 1 is 1.10 bits per heavy atom. The number of nitrogens with one attached hydrogen (secondary N) is 1. The minimum Gasteiger partial charge on any atom is -0.490 e. The molecule has 2 N–H and O–H groups in total. The molecule has 0 saturated heterocycles. The molecule has 1 aliphatic rings. The molecule has 1 heterocycles. The summed E-state index contributed by atoms with van der Waals surface area (Å²) in [6.07, 6.45) is 5.16. The molecule has 3 rings (SSSR count). The summed E-state index contributed by atoms with van der Waals surface area (Å²) in [4.78, 5) is 15.3. The van der Waals surface area contributed by atoms with Crippen molar-refractivity contribution in [3.05, 3.63) is 48.2 Å². The van der Waals surface area contributed by atoms with Crippen LogP contribution in [0.25, 0.3) is 11.3 Å². The van der Waals surface area contributed by atoms with E-state index in [0.29, 0.717) is 24.6 Å². The molecule has 0 spiro atoms. The Balaban J connectivity index is 1.53. The van der Waals surface area contributed by atoms with E-state index in [0.717, 1.165) is 41.5 Å². The van der Waals surface area contributed by atoms with Gasteiger partial charge in [-0.2, -0.15) is 0 Å². The van der Waals surface area contributed by atoms with Crippen LogP contribution in [0.15, 0.2) is 42.5 Å². The molecule has 1 aromatic carbocycles. The zero-order chi connectivity index (χ0) is 21.6. The molecule has 1 aliphatic carbocycles. The highest BCUT2D eigenvalue weighted by atomic mass is 16.5. The van der Waals surface area contributed by atoms with Crippen LogP contribution in [0.1, 0.15) is 58.6 Å². The zero-order valence-electron chi connectivity index (χ0n) is 18.4. The summed E-state index contributed by atoms with van der Waals surface area (Å²) in [5.74, 6) is 0.912. The standard InChI is InChI=1S/C25H34N2O3/c1-25(2,3)19-9-13-22(14-10-19)30-21-11-7-18(8-12-21)23-6-4-5-20(27-23)17-26-16-15-24(28)29/h4-8,11-12,19,22,26H,9-10,13-17H2,1-3H3,(H,28,29)/t19-,22-. The number of rotatable bonds is 8. The van der Waals surface area contributed by atoms with Crippen LogP contribution in [0.3, 0.4) is 0 Å². The van der Waals surface area contributed by atoms with Crippen molar-refractivity contribution in [1.82, 2.24) is 10.3 Å². The van der Waals surface area contributed by atoms with Crippen LogP contribution in [-0.4, -0.2) is 28.7 Å². The summed E-state index contributed by atoms with van der Waals surface area (Å²) in [5.41, 5.74) is 3.24. The third kappa shape index (κ3) is 6.56. The lowest BCUT2D eigenvalue weighted by atomic mass is 9.72. The first kappa shape index (κ1) is 22.3. The Morgan fingerprint density at radius 3 is 2.43 bits per heavy atom. The summed E-state index contributed by atoms with van der Waals surface area (Å²) in [6, 6.07) is 14.1. The van der Waals surface area contributed by atoms with Crippen molar-refractivity contribution in [3.8, 4) is 17.0 Å². The van der Waals surface area contributed by atoms with Crippen LogP contribution in [0.5, 0.6) is 5.75 Å². The number of hydrogen-bond donors (Lipinski definition) is 2. The van der Waals surface area contributed by atoms with Crippen LogP contribution < -0.4 is 10.1 Å². The largest absolute Gasteiger partial charge is 0.490 e. The first-order valence-corrected chi connectivity index (χ1v) is 11.0. The van der Waals surface area contributed by atoms with Crippen LogP contribution in [0.4, 0.5) is 0 Å². The minimum absolute atomic E-state index is 0.110. The van der Waals surface area contributed by atoms with E-state index in [9.17, 15) is 4.79 Å². The van der Waals surface area contributed by atoms with Gasteiger partial charge in [-0.05, 0) is 73.4 Å². The summed E-state index contributed by atoms with van der Waals surface area (Å²) in [5, 5.41) is 11.8. The van der Waals surface area contributed by atoms with Crippen molar-refractivity contribution >= 4 is 5.97 Å². The average molecular weight is 411 g/mol. The van der Waals surface area contributed by atoms with E-state index in [2.05, 4.69) is 43.2 Å². The molecular weight excluding hydrogens is 376 g/mol. The van der Waals surface area contributed by atoms with Gasteiger partial charge < -0.3 is 15.2 Å². The topological polar surface area (TPSA) is 71.5 Å². The number of aromatic nitrogens is 1. The van der Waals surface area contributed by atoms with E-state index in [-0.39, 0.29) is 6.42 Å². The van der Waals surface area contributed by atoms with Gasteiger partial charge >= 0.3 is 5.97 Å². The molecule has 0 atom stereocenters. The van der Waals surface area contributed by atoms with Crippen LogP contribution >= 0.6 is 0 Å². The van der Waals surface area contributed by atoms with E-state index < -0.39 is 5.97 Å². The van der Waals surface area contributed by atoms with Crippen LogP contribution in [-0.2, 0) is 11.3 Å². The van der Waals surface area contributed by atoms with Gasteiger partial charge in [0, 0.05) is 18.7 Å². The van der Waals surface area contributed by atoms with E-state index in [1.165, 1.54) is 12.8 Å². The molecule has 1 saturated carbocycles. The predicted octanol–water partition coefficient (Wildman–Crippen LogP) is 5.30. The number of carbonyl (C=O) groups is 1. The van der Waals surface area contributed by atoms with E-state index in [1.54, 1.807) is 0 Å². The maximum atomic E-state index is 10.6. The first-order chi connectivity index (χ1) is 14.3. The second kappa shape index (κ2) is 10.1. The number of benzene rings is 1. The van der Waals surface area contributed by atoms with E-state index in [4.69, 9.17) is 9.84 Å². The highest BCUT2D eigenvalue weighted by Crippen LogP contribution is 2.38. The van der Waals surface area contributed by atoms with Crippen molar-refractivity contribution < 1.29 is 14.6 Å². The Bertz CT molecular complexity index is 819. The van der Waals surface area contributed by atoms with Crippen LogP contribution in [0, 0.1) is 11.3 Å². The molecular formula is C25H34N2O3. The van der Waals surface area contributed by atoms with Gasteiger partial charge in [-0.25, -0.2) is 0 Å². The number of nitrogens with zero attached hydrogens (tertiary/aromatic N) is 1. The summed E-state index contributed by atoms with van der Waals surface area (Å²) in [7, 11) is 0. The van der Waals surface area contributed by atoms with E-state index in [1.807, 2.05) is 30.3 Å². The molecule has 5 heteroatoms. The summed E-state index contributed by atoms with van der Waals surface area (Å²) >= 11 is 0. The van der Waals surface area contributed by atoms with Gasteiger partial charge in [0.05, 0.1) is 23.9 Å². The number of ether oxygens (including phenoxy) is 1. The third-order valence-electron chi connectivity index (χ3n) is 5.98. The fourth-order valence-corrected chi connectivity index (χ4v) is 4.09. The van der Waals surface area contributed by atoms with Gasteiger partial charge in [-0.1, -0.05) is 26.8 Å². The highest BCUT2D eigenvalue weighted by molar-refractivity contribution is 5.66. The Morgan fingerprint density at radius 2 is 1.80 bits per heavy atom. The fraction of sp³-hybridized carbons (Fsp3) is 0.520. The number of carboxylic acid groups (broad SMARTS) is 1. The maximum Gasteiger partial charge on any atom is 0.304 e. The monoisotopic (exact) mass is 410 g/mol. The zero-order valence-corrected chi connectivity index (χ0v) is 18.4. The van der Waals surface area contributed by atoms with Gasteiger partial charge in [-0.15, -0.1) is 0 Å². The smallest absolute Gasteiger partial charge is 0.304 e. The van der Waals surface area contributed by atoms with Gasteiger partial charge in [0.15, 0.2) is 0 Å². The number of carboxylic acids is 1. The average Bonchev–Trinajstić information content (AvgIpc) is 2.72. The molecule has 0 radical (unpaired) electrons. The van der Waals surface area contributed by atoms with Crippen molar-refractivity contribution in [2.45, 2.75) is 65.5 Å². The van der Waals surface area contributed by atoms with Gasteiger partial charge in [0.2, 0.25) is 0 Å². The molecule has 1 aromatic heterocycles. The van der Waals surface area contributed by atoms with E-state index >= 15 is 0 Å². The molecule has 2 aromatic rings. The number of aliphatic carboxylic acids is 1. The molecule has 5 nitrogen and oxygen atoms in total. The highest BCUT2D eigenvalue weighted by Gasteiger charge is 2.30. The Hall–Kier alpha value is -2.40. The van der Waals surface area contributed by atoms with Crippen molar-refractivity contribution in [2.75, 3.05) is 6.54 Å². The van der Waals surface area contributed by atoms with Crippen molar-refractivity contribution in [2.24, 2.45) is 11.3 Å². The maximum absolute atomic E-state index is 10.6. The second-order valence-corrected chi connectivity index (χ2v) is 9.32. The fourth-order valence-electron chi connectivity index (χ4n) is 4.09. The van der Waals surface area contributed by atoms with Gasteiger partial charge in [-0.3, -0.25) is 9.78 Å². The second-order valence-electron chi connectivity index (χ2n) is 9.32. The molecule has 0 aliphatic heterocycles. The molecule has 1 fully saturated rings. The lowest BCUT2D eigenvalue weighted by Gasteiger charge is -2.36. The molecule has 30 heavy (non-hydrogen) atoms. The van der Waals surface area contributed by atoms with Gasteiger partial charge in [0.1, 0.15) is 5.75 Å².